The minimum atomic E-state index is 0.540. The Bertz CT molecular complexity index is 331. The highest BCUT2D eigenvalue weighted by Crippen LogP contribution is 2.35. The first-order valence-electron chi connectivity index (χ1n) is 6.38. The molecule has 0 aliphatic heterocycles. The monoisotopic (exact) mass is 221 g/mol. The molecule has 0 aromatic carbocycles. The van der Waals surface area contributed by atoms with E-state index in [1.54, 1.807) is 0 Å². The molecule has 1 fully saturated rings. The second kappa shape index (κ2) is 4.48. The number of aromatic nitrogens is 2. The van der Waals surface area contributed by atoms with Crippen molar-refractivity contribution >= 4 is 5.95 Å². The molecule has 0 amide bonds. The highest BCUT2D eigenvalue weighted by Gasteiger charge is 2.27. The molecular formula is C13H23N3. The summed E-state index contributed by atoms with van der Waals surface area (Å²) in [4.78, 5) is 4.37. The van der Waals surface area contributed by atoms with E-state index in [0.29, 0.717) is 11.5 Å². The van der Waals surface area contributed by atoms with Gasteiger partial charge in [0.2, 0.25) is 5.95 Å². The molecule has 1 heterocycles. The maximum atomic E-state index is 4.37. The van der Waals surface area contributed by atoms with Gasteiger partial charge in [0.25, 0.3) is 0 Å². The van der Waals surface area contributed by atoms with Crippen molar-refractivity contribution in [3.8, 4) is 0 Å². The summed E-state index contributed by atoms with van der Waals surface area (Å²) in [7, 11) is 0. The van der Waals surface area contributed by atoms with E-state index >= 15 is 0 Å². The molecule has 0 unspecified atom stereocenters. The van der Waals surface area contributed by atoms with E-state index in [4.69, 9.17) is 0 Å². The Morgan fingerprint density at radius 3 is 2.75 bits per heavy atom. The zero-order valence-corrected chi connectivity index (χ0v) is 10.7. The predicted octanol–water partition coefficient (Wildman–Crippen LogP) is 3.28. The first-order chi connectivity index (χ1) is 7.61. The lowest BCUT2D eigenvalue weighted by Crippen LogP contribution is -2.30. The number of aryl methyl sites for hydroxylation is 1. The van der Waals surface area contributed by atoms with Crippen LogP contribution >= 0.6 is 0 Å². The molecule has 3 heteroatoms. The normalized spacial score (nSPS) is 20.9. The van der Waals surface area contributed by atoms with Crippen LogP contribution in [0.25, 0.3) is 0 Å². The van der Waals surface area contributed by atoms with E-state index in [1.165, 1.54) is 25.7 Å². The molecule has 0 bridgehead atoms. The quantitative estimate of drug-likeness (QED) is 0.849. The van der Waals surface area contributed by atoms with Crippen LogP contribution in [-0.4, -0.2) is 15.6 Å². The molecule has 90 valence electrons. The van der Waals surface area contributed by atoms with E-state index in [0.717, 1.165) is 12.5 Å². The summed E-state index contributed by atoms with van der Waals surface area (Å²) in [6, 6.07) is 0.612. The Hall–Kier alpha value is -0.990. The number of hydrogen-bond acceptors (Lipinski definition) is 2. The van der Waals surface area contributed by atoms with Gasteiger partial charge in [0.1, 0.15) is 0 Å². The molecule has 2 rings (SSSR count). The van der Waals surface area contributed by atoms with Gasteiger partial charge in [-0.3, -0.25) is 0 Å². The lowest BCUT2D eigenvalue weighted by Gasteiger charge is -2.34. The fraction of sp³-hybridized carbons (Fsp3) is 0.769. The smallest absolute Gasteiger partial charge is 0.202 e. The van der Waals surface area contributed by atoms with Gasteiger partial charge in [-0.25, -0.2) is 4.98 Å². The molecule has 1 N–H and O–H groups in total. The summed E-state index contributed by atoms with van der Waals surface area (Å²) >= 11 is 0. The van der Waals surface area contributed by atoms with Crippen molar-refractivity contribution in [3.63, 3.8) is 0 Å². The van der Waals surface area contributed by atoms with Gasteiger partial charge >= 0.3 is 0 Å². The third-order valence-electron chi connectivity index (χ3n) is 3.73. The molecule has 3 nitrogen and oxygen atoms in total. The number of rotatable bonds is 3. The largest absolute Gasteiger partial charge is 0.353 e. The number of imidazole rings is 1. The lowest BCUT2D eigenvalue weighted by atomic mass is 9.76. The van der Waals surface area contributed by atoms with Crippen LogP contribution in [0.15, 0.2) is 12.4 Å². The Balaban J connectivity index is 1.92. The molecule has 1 aliphatic carbocycles. The zero-order chi connectivity index (χ0) is 11.6. The third-order valence-corrected chi connectivity index (χ3v) is 3.73. The van der Waals surface area contributed by atoms with E-state index in [-0.39, 0.29) is 0 Å². The zero-order valence-electron chi connectivity index (χ0n) is 10.7. The summed E-state index contributed by atoms with van der Waals surface area (Å²) in [6.45, 7) is 7.88. The summed E-state index contributed by atoms with van der Waals surface area (Å²) in [5.41, 5.74) is 0.540. The molecule has 1 aliphatic rings. The van der Waals surface area contributed by atoms with Crippen molar-refractivity contribution in [2.75, 3.05) is 5.32 Å². The maximum absolute atomic E-state index is 4.37. The third kappa shape index (κ3) is 2.57. The van der Waals surface area contributed by atoms with E-state index in [9.17, 15) is 0 Å². The second-order valence-electron chi connectivity index (χ2n) is 5.62. The van der Waals surface area contributed by atoms with Gasteiger partial charge in [-0.05, 0) is 38.0 Å². The minimum Gasteiger partial charge on any atom is -0.353 e. The van der Waals surface area contributed by atoms with Crippen molar-refractivity contribution in [1.29, 1.82) is 0 Å². The predicted molar refractivity (Wildman–Crippen MR) is 67.6 cm³/mol. The van der Waals surface area contributed by atoms with Gasteiger partial charge in [0.05, 0.1) is 0 Å². The second-order valence-corrected chi connectivity index (χ2v) is 5.62. The van der Waals surface area contributed by atoms with E-state index in [1.807, 2.05) is 12.4 Å². The SMILES string of the molecule is CCn1ccnc1NC1CCC(C)(C)CC1. The molecule has 1 aromatic rings. The van der Waals surface area contributed by atoms with Gasteiger partial charge in [-0.15, -0.1) is 0 Å². The Kier molecular flexibility index (Phi) is 3.22. The molecule has 1 aromatic heterocycles. The summed E-state index contributed by atoms with van der Waals surface area (Å²) in [6.07, 6.45) is 9.08. The fourth-order valence-electron chi connectivity index (χ4n) is 2.43. The molecule has 0 radical (unpaired) electrons. The van der Waals surface area contributed by atoms with Crippen LogP contribution in [0.1, 0.15) is 46.5 Å². The van der Waals surface area contributed by atoms with Crippen LogP contribution < -0.4 is 5.32 Å². The van der Waals surface area contributed by atoms with Gasteiger partial charge in [-0.2, -0.15) is 0 Å². The van der Waals surface area contributed by atoms with Crippen molar-refractivity contribution in [3.05, 3.63) is 12.4 Å². The summed E-state index contributed by atoms with van der Waals surface area (Å²) in [5, 5.41) is 3.57. The highest BCUT2D eigenvalue weighted by atomic mass is 15.2. The molecular weight excluding hydrogens is 198 g/mol. The van der Waals surface area contributed by atoms with Crippen molar-refractivity contribution in [2.45, 2.75) is 59.0 Å². The minimum absolute atomic E-state index is 0.540. The molecule has 0 spiro atoms. The topological polar surface area (TPSA) is 29.9 Å². The van der Waals surface area contributed by atoms with Crippen LogP contribution in [0.5, 0.6) is 0 Å². The maximum Gasteiger partial charge on any atom is 0.202 e. The van der Waals surface area contributed by atoms with Crippen LogP contribution in [0, 0.1) is 5.41 Å². The molecule has 16 heavy (non-hydrogen) atoms. The fourth-order valence-corrected chi connectivity index (χ4v) is 2.43. The van der Waals surface area contributed by atoms with Gasteiger partial charge in [0, 0.05) is 25.0 Å². The lowest BCUT2D eigenvalue weighted by molar-refractivity contribution is 0.232. The average molecular weight is 221 g/mol. The van der Waals surface area contributed by atoms with Gasteiger partial charge in [-0.1, -0.05) is 13.8 Å². The first-order valence-corrected chi connectivity index (χ1v) is 6.38. The number of hydrogen-bond donors (Lipinski definition) is 1. The highest BCUT2D eigenvalue weighted by molar-refractivity contribution is 5.27. The van der Waals surface area contributed by atoms with Crippen molar-refractivity contribution in [1.82, 2.24) is 9.55 Å². The van der Waals surface area contributed by atoms with Crippen LogP contribution in [0.4, 0.5) is 5.95 Å². The van der Waals surface area contributed by atoms with Crippen molar-refractivity contribution < 1.29 is 0 Å². The van der Waals surface area contributed by atoms with Gasteiger partial charge in [0.15, 0.2) is 0 Å². The Morgan fingerprint density at radius 1 is 1.44 bits per heavy atom. The van der Waals surface area contributed by atoms with Crippen LogP contribution in [0.2, 0.25) is 0 Å². The molecule has 0 atom stereocenters. The van der Waals surface area contributed by atoms with Crippen LogP contribution in [0.3, 0.4) is 0 Å². The summed E-state index contributed by atoms with van der Waals surface area (Å²) in [5.74, 6) is 1.03. The molecule has 0 saturated heterocycles. The first kappa shape index (κ1) is 11.5. The number of nitrogens with zero attached hydrogens (tertiary/aromatic N) is 2. The van der Waals surface area contributed by atoms with E-state index in [2.05, 4.69) is 35.6 Å². The number of nitrogens with one attached hydrogen (secondary N) is 1. The molecule has 1 saturated carbocycles. The Labute approximate surface area is 98.3 Å². The Morgan fingerprint density at radius 2 is 2.12 bits per heavy atom. The van der Waals surface area contributed by atoms with Gasteiger partial charge < -0.3 is 9.88 Å². The number of anilines is 1. The van der Waals surface area contributed by atoms with Crippen molar-refractivity contribution in [2.24, 2.45) is 5.41 Å². The van der Waals surface area contributed by atoms with E-state index < -0.39 is 0 Å². The summed E-state index contributed by atoms with van der Waals surface area (Å²) < 4.78 is 2.17. The average Bonchev–Trinajstić information content (AvgIpc) is 2.68. The van der Waals surface area contributed by atoms with Crippen LogP contribution in [-0.2, 0) is 6.54 Å². The standard InChI is InChI=1S/C13H23N3/c1-4-16-10-9-14-12(16)15-11-5-7-13(2,3)8-6-11/h9-11H,4-8H2,1-3H3,(H,14,15).